The first-order chi connectivity index (χ1) is 42.7. The average molecular weight is 1100 g/mol. The average Bonchev–Trinajstić information content (AvgIpc) is 1.30. The number of aromatic nitrogens is 8. The van der Waals surface area contributed by atoms with Crippen LogP contribution in [-0.2, 0) is 0 Å². The van der Waals surface area contributed by atoms with Crippen molar-refractivity contribution in [3.8, 4) is 95.5 Å². The third kappa shape index (κ3) is 7.97. The van der Waals surface area contributed by atoms with E-state index in [-0.39, 0.29) is 0 Å². The molecule has 400 valence electrons. The SMILES string of the molecule is c1ccc(-c2nc(-c3ccccc3)nc(-c3ccc(-c4c(-c5ccc(-n6c7ccccc7c7cc(-c8ccc9oc%10ccccc%10c9c8)ccc76)cc5)c(-c5ccccc5)c5c6nccnc6c6nccnc6c5c4-c4ccccc4)cc3)n2)cc1. The largest absolute Gasteiger partial charge is 0.456 e. The van der Waals surface area contributed by atoms with Crippen LogP contribution in [0.15, 0.2) is 284 Å². The van der Waals surface area contributed by atoms with Crippen molar-refractivity contribution >= 4 is 76.6 Å². The summed E-state index contributed by atoms with van der Waals surface area (Å²) in [4.78, 5) is 35.7. The van der Waals surface area contributed by atoms with Gasteiger partial charge in [0.25, 0.3) is 0 Å². The van der Waals surface area contributed by atoms with Gasteiger partial charge < -0.3 is 8.98 Å². The molecule has 0 aliphatic carbocycles. The van der Waals surface area contributed by atoms with Gasteiger partial charge >= 0.3 is 0 Å². The summed E-state index contributed by atoms with van der Waals surface area (Å²) in [7, 11) is 0. The maximum Gasteiger partial charge on any atom is 0.164 e. The van der Waals surface area contributed by atoms with E-state index in [1.807, 2.05) is 72.8 Å². The molecule has 5 heterocycles. The van der Waals surface area contributed by atoms with Crippen LogP contribution in [0.5, 0.6) is 0 Å². The zero-order valence-corrected chi connectivity index (χ0v) is 46.0. The van der Waals surface area contributed by atoms with Gasteiger partial charge in [-0.2, -0.15) is 0 Å². The van der Waals surface area contributed by atoms with Gasteiger partial charge in [0.1, 0.15) is 22.2 Å². The molecule has 0 bridgehead atoms. The van der Waals surface area contributed by atoms with Crippen molar-refractivity contribution in [1.82, 2.24) is 39.5 Å². The quantitative estimate of drug-likeness (QED) is 0.132. The maximum atomic E-state index is 6.23. The lowest BCUT2D eigenvalue weighted by Gasteiger charge is -2.25. The fraction of sp³-hybridized carbons (Fsp3) is 0. The molecule has 0 aliphatic rings. The Hall–Kier alpha value is -11.8. The number of furan rings is 1. The molecule has 86 heavy (non-hydrogen) atoms. The van der Waals surface area contributed by atoms with Crippen LogP contribution >= 0.6 is 0 Å². The molecule has 0 spiro atoms. The summed E-state index contributed by atoms with van der Waals surface area (Å²) in [5.41, 5.74) is 20.9. The van der Waals surface area contributed by atoms with Crippen LogP contribution in [-0.4, -0.2) is 39.5 Å². The molecule has 12 aromatic carbocycles. The zero-order valence-electron chi connectivity index (χ0n) is 46.0. The fourth-order valence-corrected chi connectivity index (χ4v) is 12.8. The summed E-state index contributed by atoms with van der Waals surface area (Å²) >= 11 is 0. The summed E-state index contributed by atoms with van der Waals surface area (Å²) in [6.45, 7) is 0. The topological polar surface area (TPSA) is 108 Å². The number of hydrogen-bond acceptors (Lipinski definition) is 8. The molecule has 17 rings (SSSR count). The second kappa shape index (κ2) is 20.0. The summed E-state index contributed by atoms with van der Waals surface area (Å²) in [5.74, 6) is 1.78. The number of benzene rings is 12. The van der Waals surface area contributed by atoms with Gasteiger partial charge in [-0.15, -0.1) is 0 Å². The van der Waals surface area contributed by atoms with Crippen molar-refractivity contribution in [3.05, 3.63) is 280 Å². The maximum absolute atomic E-state index is 6.23. The van der Waals surface area contributed by atoms with Gasteiger partial charge in [-0.05, 0) is 93.0 Å². The monoisotopic (exact) mass is 1100 g/mol. The van der Waals surface area contributed by atoms with Crippen LogP contribution in [0.25, 0.3) is 172 Å². The number of fused-ring (bicyclic) bond motifs is 12. The normalized spacial score (nSPS) is 11.7. The molecule has 0 saturated carbocycles. The number of nitrogens with zero attached hydrogens (tertiary/aromatic N) is 8. The van der Waals surface area contributed by atoms with Crippen LogP contribution in [0.1, 0.15) is 0 Å². The van der Waals surface area contributed by atoms with Crippen LogP contribution < -0.4 is 0 Å². The molecule has 5 aromatic heterocycles. The van der Waals surface area contributed by atoms with E-state index in [1.165, 1.54) is 10.8 Å². The number of hydrogen-bond donors (Lipinski definition) is 0. The lowest BCUT2D eigenvalue weighted by atomic mass is 9.78. The highest BCUT2D eigenvalue weighted by molar-refractivity contribution is 6.32. The molecule has 0 aliphatic heterocycles. The van der Waals surface area contributed by atoms with Crippen molar-refractivity contribution in [2.24, 2.45) is 0 Å². The summed E-state index contributed by atoms with van der Waals surface area (Å²) in [6, 6.07) is 89.6. The van der Waals surface area contributed by atoms with Gasteiger partial charge in [0.2, 0.25) is 0 Å². The van der Waals surface area contributed by atoms with Gasteiger partial charge in [0.05, 0.1) is 22.1 Å². The lowest BCUT2D eigenvalue weighted by molar-refractivity contribution is 0.669. The van der Waals surface area contributed by atoms with Crippen LogP contribution in [0.4, 0.5) is 0 Å². The molecule has 0 amide bonds. The van der Waals surface area contributed by atoms with Crippen LogP contribution in [0.3, 0.4) is 0 Å². The first kappa shape index (κ1) is 48.9. The summed E-state index contributed by atoms with van der Waals surface area (Å²) < 4.78 is 8.61. The van der Waals surface area contributed by atoms with E-state index in [9.17, 15) is 0 Å². The fourth-order valence-electron chi connectivity index (χ4n) is 12.8. The van der Waals surface area contributed by atoms with E-state index in [4.69, 9.17) is 39.3 Å². The Balaban J connectivity index is 0.910. The second-order valence-corrected chi connectivity index (χ2v) is 21.5. The molecular weight excluding hydrogens is 1050 g/mol. The molecule has 0 fully saturated rings. The Labute approximate surface area is 492 Å². The number of para-hydroxylation sites is 2. The molecule has 9 heteroatoms. The minimum atomic E-state index is 0.573. The minimum Gasteiger partial charge on any atom is -0.456 e. The Morgan fingerprint density at radius 2 is 0.628 bits per heavy atom. The molecule has 0 atom stereocenters. The zero-order chi connectivity index (χ0) is 56.7. The van der Waals surface area contributed by atoms with Crippen molar-refractivity contribution in [2.75, 3.05) is 0 Å². The van der Waals surface area contributed by atoms with Gasteiger partial charge in [-0.25, -0.2) is 15.0 Å². The molecular formula is C77H46N8O. The highest BCUT2D eigenvalue weighted by Gasteiger charge is 2.29. The molecule has 0 radical (unpaired) electrons. The lowest BCUT2D eigenvalue weighted by Crippen LogP contribution is -2.02. The van der Waals surface area contributed by atoms with E-state index in [2.05, 4.69) is 187 Å². The van der Waals surface area contributed by atoms with E-state index in [0.29, 0.717) is 28.5 Å². The second-order valence-electron chi connectivity index (χ2n) is 21.5. The Morgan fingerprint density at radius 1 is 0.256 bits per heavy atom. The predicted octanol–water partition coefficient (Wildman–Crippen LogP) is 19.2. The van der Waals surface area contributed by atoms with Gasteiger partial charge in [0, 0.05) is 90.6 Å². The van der Waals surface area contributed by atoms with Crippen molar-refractivity contribution in [1.29, 1.82) is 0 Å². The van der Waals surface area contributed by atoms with E-state index in [1.54, 1.807) is 24.8 Å². The first-order valence-electron chi connectivity index (χ1n) is 28.7. The first-order valence-corrected chi connectivity index (χ1v) is 28.7. The van der Waals surface area contributed by atoms with Crippen LogP contribution in [0, 0.1) is 0 Å². The van der Waals surface area contributed by atoms with E-state index < -0.39 is 0 Å². The van der Waals surface area contributed by atoms with E-state index in [0.717, 1.165) is 133 Å². The van der Waals surface area contributed by atoms with Crippen LogP contribution in [0.2, 0.25) is 0 Å². The summed E-state index contributed by atoms with van der Waals surface area (Å²) in [6.07, 6.45) is 7.05. The molecule has 17 aromatic rings. The molecule has 9 nitrogen and oxygen atoms in total. The van der Waals surface area contributed by atoms with Gasteiger partial charge in [-0.3, -0.25) is 19.9 Å². The molecule has 0 unspecified atom stereocenters. The highest BCUT2D eigenvalue weighted by atomic mass is 16.3. The predicted molar refractivity (Wildman–Crippen MR) is 349 cm³/mol. The van der Waals surface area contributed by atoms with Crippen molar-refractivity contribution in [3.63, 3.8) is 0 Å². The molecule has 0 N–H and O–H groups in total. The standard InChI is InChI=1S/C77H46N8O/c1-5-17-47(18-6-1)67-65(49-29-31-53(32-30-49)77-83-75(51-21-9-3-10-22-51)82-76(84-77)52-23-11-4-12-24-52)66(68(48-19-7-2-8-20-48)70-69(67)71-73(80-43-41-78-71)74-72(70)79-42-44-81-74)50-33-37-56(38-34-50)85-61-27-15-13-25-57(61)59-45-54(35-39-62(59)85)55-36-40-64-60(46-55)58-26-14-16-28-63(58)86-64/h1-46H. The third-order valence-corrected chi connectivity index (χ3v) is 16.6. The van der Waals surface area contributed by atoms with Crippen molar-refractivity contribution < 1.29 is 4.42 Å². The minimum absolute atomic E-state index is 0.573. The Kier molecular flexibility index (Phi) is 11.3. The molecule has 0 saturated heterocycles. The number of rotatable bonds is 9. The smallest absolute Gasteiger partial charge is 0.164 e. The Morgan fingerprint density at radius 3 is 1.17 bits per heavy atom. The third-order valence-electron chi connectivity index (χ3n) is 16.6. The van der Waals surface area contributed by atoms with Gasteiger partial charge in [0.15, 0.2) is 17.5 Å². The summed E-state index contributed by atoms with van der Waals surface area (Å²) in [5, 5.41) is 6.45. The Bertz CT molecular complexity index is 5440. The van der Waals surface area contributed by atoms with Gasteiger partial charge in [-0.1, -0.05) is 206 Å². The van der Waals surface area contributed by atoms with E-state index >= 15 is 0 Å². The van der Waals surface area contributed by atoms with Crippen molar-refractivity contribution in [2.45, 2.75) is 0 Å². The highest BCUT2D eigenvalue weighted by Crippen LogP contribution is 2.54.